The summed E-state index contributed by atoms with van der Waals surface area (Å²) in [6.45, 7) is 3.89. The molecule has 4 aromatic rings. The molecule has 11 nitrogen and oxygen atoms in total. The predicted octanol–water partition coefficient (Wildman–Crippen LogP) is 2.74. The van der Waals surface area contributed by atoms with Gasteiger partial charge in [0.1, 0.15) is 11.3 Å². The van der Waals surface area contributed by atoms with E-state index < -0.39 is 15.3 Å². The van der Waals surface area contributed by atoms with Crippen LogP contribution < -0.4 is 19.9 Å². The molecule has 0 spiro atoms. The number of nitrogens with one attached hydrogen (secondary N) is 1. The molecule has 0 amide bonds. The van der Waals surface area contributed by atoms with Crippen LogP contribution in [-0.4, -0.2) is 51.5 Å². The van der Waals surface area contributed by atoms with Gasteiger partial charge in [0.05, 0.1) is 5.25 Å². The summed E-state index contributed by atoms with van der Waals surface area (Å²) in [5.74, 6) is 1.54. The van der Waals surface area contributed by atoms with Gasteiger partial charge in [0.15, 0.2) is 33.6 Å². The third-order valence-corrected chi connectivity index (χ3v) is 8.83. The quantitative estimate of drug-likeness (QED) is 0.356. The number of nitrogens with zero attached hydrogens (tertiary/aromatic N) is 5. The zero-order valence-electron chi connectivity index (χ0n) is 18.3. The summed E-state index contributed by atoms with van der Waals surface area (Å²) < 4.78 is 40.0. The van der Waals surface area contributed by atoms with Crippen LogP contribution in [0.25, 0.3) is 21.7 Å². The van der Waals surface area contributed by atoms with Gasteiger partial charge >= 0.3 is 0 Å². The van der Waals surface area contributed by atoms with Gasteiger partial charge in [-0.15, -0.1) is 11.3 Å². The molecule has 178 valence electrons. The number of nitrogen functional groups attached to an aromatic ring is 1. The second-order valence-electron chi connectivity index (χ2n) is 7.61. The van der Waals surface area contributed by atoms with Gasteiger partial charge in [0.2, 0.25) is 16.8 Å². The number of sulfonamides is 1. The van der Waals surface area contributed by atoms with Gasteiger partial charge in [0, 0.05) is 35.1 Å². The molecule has 34 heavy (non-hydrogen) atoms. The third-order valence-electron chi connectivity index (χ3n) is 5.12. The minimum Gasteiger partial charge on any atom is -0.454 e. The SMILES string of the molecule is CC(C)S(=O)(=O)NCCn1c(Sc2cc3c(cc2-c2nccs2)OCO3)nc2c(N)ncnc21. The summed E-state index contributed by atoms with van der Waals surface area (Å²) in [6, 6.07) is 3.80. The molecule has 0 saturated heterocycles. The van der Waals surface area contributed by atoms with Crippen LogP contribution in [0.5, 0.6) is 11.5 Å². The van der Waals surface area contributed by atoms with Crippen LogP contribution in [-0.2, 0) is 16.6 Å². The summed E-state index contributed by atoms with van der Waals surface area (Å²) in [6.07, 6.45) is 3.11. The van der Waals surface area contributed by atoms with E-state index in [1.807, 2.05) is 22.1 Å². The number of nitrogens with two attached hydrogens (primary N) is 1. The van der Waals surface area contributed by atoms with Crippen molar-refractivity contribution < 1.29 is 17.9 Å². The van der Waals surface area contributed by atoms with Gasteiger partial charge in [-0.05, 0) is 26.0 Å². The maximum Gasteiger partial charge on any atom is 0.231 e. The van der Waals surface area contributed by atoms with Gasteiger partial charge in [-0.2, -0.15) is 0 Å². The van der Waals surface area contributed by atoms with E-state index in [-0.39, 0.29) is 19.2 Å². The topological polar surface area (TPSA) is 147 Å². The monoisotopic (exact) mass is 519 g/mol. The van der Waals surface area contributed by atoms with E-state index in [0.717, 1.165) is 15.5 Å². The normalized spacial score (nSPS) is 13.3. The fourth-order valence-corrected chi connectivity index (χ4v) is 5.80. The molecule has 14 heteroatoms. The van der Waals surface area contributed by atoms with Crippen molar-refractivity contribution in [3.05, 3.63) is 30.0 Å². The van der Waals surface area contributed by atoms with E-state index in [4.69, 9.17) is 15.2 Å². The summed E-state index contributed by atoms with van der Waals surface area (Å²) >= 11 is 2.90. The summed E-state index contributed by atoms with van der Waals surface area (Å²) in [4.78, 5) is 18.4. The molecule has 0 unspecified atom stereocenters. The number of imidazole rings is 1. The van der Waals surface area contributed by atoms with Gasteiger partial charge in [-0.1, -0.05) is 11.8 Å². The molecule has 0 fully saturated rings. The van der Waals surface area contributed by atoms with Crippen LogP contribution in [0, 0.1) is 0 Å². The Morgan fingerprint density at radius 2 is 2.03 bits per heavy atom. The average molecular weight is 520 g/mol. The fraction of sp³-hybridized carbons (Fsp3) is 0.300. The molecule has 0 radical (unpaired) electrons. The molecule has 0 bridgehead atoms. The van der Waals surface area contributed by atoms with Crippen LogP contribution in [0.15, 0.2) is 40.1 Å². The van der Waals surface area contributed by atoms with Crippen molar-refractivity contribution >= 4 is 50.1 Å². The Labute approximate surface area is 203 Å². The third kappa shape index (κ3) is 4.29. The summed E-state index contributed by atoms with van der Waals surface area (Å²) in [5, 5.41) is 2.78. The van der Waals surface area contributed by atoms with Crippen LogP contribution in [0.2, 0.25) is 0 Å². The van der Waals surface area contributed by atoms with Crippen molar-refractivity contribution in [3.63, 3.8) is 0 Å². The largest absolute Gasteiger partial charge is 0.454 e. The summed E-state index contributed by atoms with van der Waals surface area (Å²) in [5.41, 5.74) is 7.91. The fourth-order valence-electron chi connectivity index (χ4n) is 3.31. The summed E-state index contributed by atoms with van der Waals surface area (Å²) in [7, 11) is -3.41. The zero-order chi connectivity index (χ0) is 23.9. The van der Waals surface area contributed by atoms with Gasteiger partial charge < -0.3 is 19.8 Å². The number of anilines is 1. The molecule has 1 aliphatic heterocycles. The number of rotatable bonds is 8. The first-order chi connectivity index (χ1) is 16.3. The van der Waals surface area contributed by atoms with Crippen molar-refractivity contribution in [3.8, 4) is 22.1 Å². The first-order valence-electron chi connectivity index (χ1n) is 10.3. The van der Waals surface area contributed by atoms with Gasteiger partial charge in [-0.3, -0.25) is 0 Å². The van der Waals surface area contributed by atoms with Gasteiger partial charge in [0.25, 0.3) is 0 Å². The van der Waals surface area contributed by atoms with E-state index in [2.05, 4.69) is 24.7 Å². The Balaban J connectivity index is 1.55. The van der Waals surface area contributed by atoms with E-state index in [9.17, 15) is 8.42 Å². The highest BCUT2D eigenvalue weighted by Crippen LogP contribution is 2.45. The molecule has 5 rings (SSSR count). The second kappa shape index (κ2) is 9.02. The molecular weight excluding hydrogens is 498 g/mol. The van der Waals surface area contributed by atoms with Crippen molar-refractivity contribution in [1.82, 2.24) is 29.2 Å². The van der Waals surface area contributed by atoms with Crippen molar-refractivity contribution in [2.75, 3.05) is 19.1 Å². The number of thiazole rings is 1. The number of hydrogen-bond donors (Lipinski definition) is 2. The van der Waals surface area contributed by atoms with Gasteiger partial charge in [-0.25, -0.2) is 33.1 Å². The zero-order valence-corrected chi connectivity index (χ0v) is 20.7. The number of benzene rings is 1. The number of aromatic nitrogens is 5. The first-order valence-corrected chi connectivity index (χ1v) is 13.5. The molecule has 0 atom stereocenters. The van der Waals surface area contributed by atoms with E-state index in [1.165, 1.54) is 29.4 Å². The molecule has 0 aliphatic carbocycles. The van der Waals surface area contributed by atoms with Crippen LogP contribution in [0.1, 0.15) is 13.8 Å². The Bertz CT molecular complexity index is 1450. The lowest BCUT2D eigenvalue weighted by atomic mass is 10.2. The Morgan fingerprint density at radius 3 is 2.76 bits per heavy atom. The highest BCUT2D eigenvalue weighted by Gasteiger charge is 2.23. The van der Waals surface area contributed by atoms with E-state index in [0.29, 0.717) is 34.4 Å². The minimum atomic E-state index is -3.41. The maximum absolute atomic E-state index is 12.2. The Kier molecular flexibility index (Phi) is 6.06. The number of hydrogen-bond acceptors (Lipinski definition) is 11. The van der Waals surface area contributed by atoms with E-state index >= 15 is 0 Å². The first kappa shape index (κ1) is 22.8. The number of ether oxygens (including phenoxy) is 2. The van der Waals surface area contributed by atoms with Crippen molar-refractivity contribution in [2.24, 2.45) is 0 Å². The molecule has 1 aliphatic rings. The van der Waals surface area contributed by atoms with E-state index in [1.54, 1.807) is 20.0 Å². The van der Waals surface area contributed by atoms with Crippen molar-refractivity contribution in [2.45, 2.75) is 35.7 Å². The van der Waals surface area contributed by atoms with Crippen molar-refractivity contribution in [1.29, 1.82) is 0 Å². The highest BCUT2D eigenvalue weighted by atomic mass is 32.2. The predicted molar refractivity (Wildman–Crippen MR) is 130 cm³/mol. The Morgan fingerprint density at radius 1 is 1.24 bits per heavy atom. The number of fused-ring (bicyclic) bond motifs is 2. The standard InChI is InChI=1S/C20H21N7O4S3/c1-11(2)34(28,29)25-3-5-27-18-16(17(21)23-9-24-18)26-20(27)33-15-8-14-13(30-10-31-14)7-12(15)19-22-4-6-32-19/h4,6-9,11,25H,3,5,10H2,1-2H3,(H2,21,23,24). The molecule has 1 aromatic carbocycles. The smallest absolute Gasteiger partial charge is 0.231 e. The molecule has 3 N–H and O–H groups in total. The van der Waals surface area contributed by atoms with Crippen LogP contribution >= 0.6 is 23.1 Å². The van der Waals surface area contributed by atoms with Crippen LogP contribution in [0.3, 0.4) is 0 Å². The second-order valence-corrected chi connectivity index (χ2v) is 11.8. The lowest BCUT2D eigenvalue weighted by Crippen LogP contribution is -2.33. The van der Waals surface area contributed by atoms with Crippen LogP contribution in [0.4, 0.5) is 5.82 Å². The molecular formula is C20H21N7O4S3. The molecule has 4 heterocycles. The lowest BCUT2D eigenvalue weighted by molar-refractivity contribution is 0.174. The lowest BCUT2D eigenvalue weighted by Gasteiger charge is -2.13. The average Bonchev–Trinajstić information content (AvgIpc) is 3.54. The molecule has 0 saturated carbocycles. The molecule has 3 aromatic heterocycles. The minimum absolute atomic E-state index is 0.154. The maximum atomic E-state index is 12.2. The Hall–Kier alpha value is -2.94. The highest BCUT2D eigenvalue weighted by molar-refractivity contribution is 7.99.